The first kappa shape index (κ1) is 19.0. The van der Waals surface area contributed by atoms with Gasteiger partial charge in [-0.05, 0) is 43.9 Å². The van der Waals surface area contributed by atoms with E-state index in [4.69, 9.17) is 5.73 Å². The fourth-order valence-corrected chi connectivity index (χ4v) is 3.81. The van der Waals surface area contributed by atoms with E-state index in [1.165, 1.54) is 49.9 Å². The van der Waals surface area contributed by atoms with Crippen LogP contribution in [0.2, 0.25) is 0 Å². The third-order valence-electron chi connectivity index (χ3n) is 5.40. The quantitative estimate of drug-likeness (QED) is 0.688. The van der Waals surface area contributed by atoms with E-state index >= 15 is 0 Å². The number of benzene rings is 1. The molecule has 0 radical (unpaired) electrons. The summed E-state index contributed by atoms with van der Waals surface area (Å²) in [6, 6.07) is 5.38. The van der Waals surface area contributed by atoms with Gasteiger partial charge >= 0.3 is 0 Å². The Morgan fingerprint density at radius 2 is 2.07 bits per heavy atom. The van der Waals surface area contributed by atoms with E-state index in [2.05, 4.69) is 20.6 Å². The number of rotatable bonds is 5. The second kappa shape index (κ2) is 7.57. The highest BCUT2D eigenvalue weighted by molar-refractivity contribution is 6.10. The highest BCUT2D eigenvalue weighted by atomic mass is 19.1. The zero-order valence-electron chi connectivity index (χ0n) is 16.0. The predicted octanol–water partition coefficient (Wildman–Crippen LogP) is 2.82. The Bertz CT molecular complexity index is 1100. The van der Waals surface area contributed by atoms with E-state index in [1.807, 2.05) is 6.92 Å². The van der Waals surface area contributed by atoms with Crippen molar-refractivity contribution in [1.29, 1.82) is 0 Å². The van der Waals surface area contributed by atoms with Crippen LogP contribution in [-0.4, -0.2) is 31.8 Å². The van der Waals surface area contributed by atoms with E-state index in [0.717, 1.165) is 12.2 Å². The number of amides is 2. The average Bonchev–Trinajstić information content (AvgIpc) is 3.33. The number of pyridine rings is 1. The van der Waals surface area contributed by atoms with Gasteiger partial charge < -0.3 is 11.1 Å². The Kier molecular flexibility index (Phi) is 4.96. The van der Waals surface area contributed by atoms with E-state index < -0.39 is 17.6 Å². The molecule has 9 heteroatoms. The van der Waals surface area contributed by atoms with Crippen molar-refractivity contribution in [2.75, 3.05) is 5.32 Å². The zero-order chi connectivity index (χ0) is 20.5. The highest BCUT2D eigenvalue weighted by Gasteiger charge is 2.21. The van der Waals surface area contributed by atoms with Crippen molar-refractivity contribution in [2.24, 2.45) is 11.7 Å². The SMILES string of the molecule is Cc1c(NC(=O)c2cc(C(N)=O)c3c(F)cccc3n2)nnn1CC1CCCC1. The van der Waals surface area contributed by atoms with Gasteiger partial charge in [0, 0.05) is 11.9 Å². The highest BCUT2D eigenvalue weighted by Crippen LogP contribution is 2.27. The van der Waals surface area contributed by atoms with Crippen LogP contribution in [-0.2, 0) is 6.54 Å². The standard InChI is InChI=1S/C20H21FN6O2/c1-11-19(25-26-27(11)10-12-5-2-3-6-12)24-20(29)16-9-13(18(22)28)17-14(21)7-4-8-15(17)23-16/h4,7-9,12H,2-3,5-6,10H2,1H3,(H2,22,28)(H,24,29). The van der Waals surface area contributed by atoms with Crippen molar-refractivity contribution in [3.05, 3.63) is 47.0 Å². The van der Waals surface area contributed by atoms with Crippen LogP contribution in [0.1, 0.15) is 52.2 Å². The second-order valence-corrected chi connectivity index (χ2v) is 7.36. The smallest absolute Gasteiger partial charge is 0.275 e. The van der Waals surface area contributed by atoms with Crippen LogP contribution in [0.4, 0.5) is 10.2 Å². The molecule has 1 fully saturated rings. The molecule has 3 N–H and O–H groups in total. The summed E-state index contributed by atoms with van der Waals surface area (Å²) in [5.74, 6) is -1.13. The molecule has 2 heterocycles. The number of carbonyl (C=O) groups is 2. The number of aromatic nitrogens is 4. The molecule has 1 aliphatic rings. The number of hydrogen-bond acceptors (Lipinski definition) is 5. The molecule has 0 unspecified atom stereocenters. The van der Waals surface area contributed by atoms with E-state index in [-0.39, 0.29) is 22.2 Å². The number of primary amides is 1. The third-order valence-corrected chi connectivity index (χ3v) is 5.40. The maximum Gasteiger partial charge on any atom is 0.275 e. The molecule has 2 aromatic heterocycles. The summed E-state index contributed by atoms with van der Waals surface area (Å²) < 4.78 is 15.9. The van der Waals surface area contributed by atoms with Crippen molar-refractivity contribution in [2.45, 2.75) is 39.2 Å². The number of anilines is 1. The second-order valence-electron chi connectivity index (χ2n) is 7.36. The molecule has 1 saturated carbocycles. The number of nitrogens with two attached hydrogens (primary N) is 1. The molecule has 1 aromatic carbocycles. The summed E-state index contributed by atoms with van der Waals surface area (Å²) in [7, 11) is 0. The maximum absolute atomic E-state index is 14.1. The molecule has 3 aromatic rings. The minimum atomic E-state index is -0.838. The minimum Gasteiger partial charge on any atom is -0.366 e. The van der Waals surface area contributed by atoms with Crippen LogP contribution >= 0.6 is 0 Å². The molecule has 29 heavy (non-hydrogen) atoms. The molecule has 150 valence electrons. The molecular weight excluding hydrogens is 375 g/mol. The van der Waals surface area contributed by atoms with Gasteiger partial charge in [-0.1, -0.05) is 24.1 Å². The fourth-order valence-electron chi connectivity index (χ4n) is 3.81. The van der Waals surface area contributed by atoms with Gasteiger partial charge in [0.1, 0.15) is 11.5 Å². The first-order valence-electron chi connectivity index (χ1n) is 9.54. The van der Waals surface area contributed by atoms with Crippen LogP contribution in [0.25, 0.3) is 10.9 Å². The number of carbonyl (C=O) groups excluding carboxylic acids is 2. The molecule has 1 aliphatic carbocycles. The van der Waals surface area contributed by atoms with Gasteiger partial charge in [0.2, 0.25) is 5.91 Å². The molecule has 0 saturated heterocycles. The number of halogens is 1. The molecule has 0 bridgehead atoms. The minimum absolute atomic E-state index is 0.00441. The van der Waals surface area contributed by atoms with Gasteiger partial charge in [-0.2, -0.15) is 0 Å². The monoisotopic (exact) mass is 396 g/mol. The Morgan fingerprint density at radius 3 is 2.79 bits per heavy atom. The normalized spacial score (nSPS) is 14.4. The van der Waals surface area contributed by atoms with Crippen LogP contribution < -0.4 is 11.1 Å². The van der Waals surface area contributed by atoms with E-state index in [1.54, 1.807) is 4.68 Å². The molecule has 0 atom stereocenters. The lowest BCUT2D eigenvalue weighted by Crippen LogP contribution is -2.19. The maximum atomic E-state index is 14.1. The first-order chi connectivity index (χ1) is 13.9. The number of nitrogens with zero attached hydrogens (tertiary/aromatic N) is 4. The summed E-state index contributed by atoms with van der Waals surface area (Å²) in [6.07, 6.45) is 4.82. The van der Waals surface area contributed by atoms with Crippen molar-refractivity contribution >= 4 is 28.5 Å². The van der Waals surface area contributed by atoms with E-state index in [9.17, 15) is 14.0 Å². The fraction of sp³-hybridized carbons (Fsp3) is 0.350. The van der Waals surface area contributed by atoms with Gasteiger partial charge in [0.15, 0.2) is 5.82 Å². The van der Waals surface area contributed by atoms with Crippen molar-refractivity contribution in [1.82, 2.24) is 20.0 Å². The number of hydrogen-bond donors (Lipinski definition) is 2. The number of fused-ring (bicyclic) bond motifs is 1. The lowest BCUT2D eigenvalue weighted by molar-refractivity contribution is 0.100. The van der Waals surface area contributed by atoms with Crippen molar-refractivity contribution < 1.29 is 14.0 Å². The van der Waals surface area contributed by atoms with E-state index in [0.29, 0.717) is 11.7 Å². The zero-order valence-corrected chi connectivity index (χ0v) is 16.0. The topological polar surface area (TPSA) is 116 Å². The van der Waals surface area contributed by atoms with Gasteiger partial charge in [-0.25, -0.2) is 14.1 Å². The summed E-state index contributed by atoms with van der Waals surface area (Å²) in [6.45, 7) is 2.61. The van der Waals surface area contributed by atoms with Gasteiger partial charge in [-0.15, -0.1) is 5.10 Å². The molecule has 0 spiro atoms. The van der Waals surface area contributed by atoms with Crippen LogP contribution in [0, 0.1) is 18.7 Å². The molecule has 0 aliphatic heterocycles. The summed E-state index contributed by atoms with van der Waals surface area (Å²) in [4.78, 5) is 28.7. The number of nitrogens with one attached hydrogen (secondary N) is 1. The molecule has 4 rings (SSSR count). The molecular formula is C20H21FN6O2. The predicted molar refractivity (Wildman–Crippen MR) is 105 cm³/mol. The largest absolute Gasteiger partial charge is 0.366 e. The van der Waals surface area contributed by atoms with Crippen molar-refractivity contribution in [3.63, 3.8) is 0 Å². The van der Waals surface area contributed by atoms with Gasteiger partial charge in [0.05, 0.1) is 16.8 Å². The summed E-state index contributed by atoms with van der Waals surface area (Å²) in [5, 5.41) is 10.9. The lowest BCUT2D eigenvalue weighted by atomic mass is 10.1. The van der Waals surface area contributed by atoms with Crippen LogP contribution in [0.15, 0.2) is 24.3 Å². The summed E-state index contributed by atoms with van der Waals surface area (Å²) in [5.41, 5.74) is 6.15. The Morgan fingerprint density at radius 1 is 1.31 bits per heavy atom. The lowest BCUT2D eigenvalue weighted by Gasteiger charge is -2.10. The molecule has 8 nitrogen and oxygen atoms in total. The summed E-state index contributed by atoms with van der Waals surface area (Å²) >= 11 is 0. The van der Waals surface area contributed by atoms with Crippen molar-refractivity contribution in [3.8, 4) is 0 Å². The third kappa shape index (κ3) is 3.67. The Hall–Kier alpha value is -3.36. The Labute approximate surface area is 166 Å². The van der Waals surface area contributed by atoms with Crippen LogP contribution in [0.3, 0.4) is 0 Å². The molecule has 2 amide bonds. The van der Waals surface area contributed by atoms with Gasteiger partial charge in [-0.3, -0.25) is 9.59 Å². The Balaban J connectivity index is 1.61. The average molecular weight is 396 g/mol. The van der Waals surface area contributed by atoms with Crippen LogP contribution in [0.5, 0.6) is 0 Å². The first-order valence-corrected chi connectivity index (χ1v) is 9.54. The van der Waals surface area contributed by atoms with Gasteiger partial charge in [0.25, 0.3) is 5.91 Å².